The fourth-order valence-electron chi connectivity index (χ4n) is 2.81. The molecule has 0 saturated heterocycles. The first-order valence-corrected chi connectivity index (χ1v) is 11.0. The molecule has 0 spiro atoms. The zero-order valence-electron chi connectivity index (χ0n) is 15.8. The van der Waals surface area contributed by atoms with E-state index in [1.54, 1.807) is 41.0 Å². The Morgan fingerprint density at radius 3 is 2.67 bits per heavy atom. The van der Waals surface area contributed by atoms with Crippen molar-refractivity contribution in [2.45, 2.75) is 17.7 Å². The van der Waals surface area contributed by atoms with Crippen molar-refractivity contribution in [1.29, 1.82) is 0 Å². The van der Waals surface area contributed by atoms with Crippen LogP contribution in [0, 0.1) is 0 Å². The van der Waals surface area contributed by atoms with Crippen molar-refractivity contribution in [2.24, 2.45) is 0 Å². The van der Waals surface area contributed by atoms with E-state index in [2.05, 4.69) is 19.8 Å². The molecule has 0 fully saturated rings. The van der Waals surface area contributed by atoms with Gasteiger partial charge < -0.3 is 4.74 Å². The minimum Gasteiger partial charge on any atom is -0.456 e. The Morgan fingerprint density at radius 2 is 1.87 bits per heavy atom. The van der Waals surface area contributed by atoms with Crippen molar-refractivity contribution in [3.63, 3.8) is 0 Å². The van der Waals surface area contributed by atoms with Gasteiger partial charge in [-0.25, -0.2) is 22.6 Å². The molecule has 2 aromatic carbocycles. The predicted octanol–water partition coefficient (Wildman–Crippen LogP) is 3.48. The summed E-state index contributed by atoms with van der Waals surface area (Å²) < 4.78 is 34.9. The number of fused-ring (bicyclic) bond motifs is 1. The fourth-order valence-corrected chi connectivity index (χ4v) is 4.06. The Kier molecular flexibility index (Phi) is 5.93. The molecule has 0 aliphatic rings. The van der Waals surface area contributed by atoms with Crippen molar-refractivity contribution < 1.29 is 13.2 Å². The minimum atomic E-state index is -3.61. The van der Waals surface area contributed by atoms with Gasteiger partial charge in [0.25, 0.3) is 5.78 Å². The van der Waals surface area contributed by atoms with Gasteiger partial charge in [0.1, 0.15) is 17.8 Å². The van der Waals surface area contributed by atoms with E-state index in [4.69, 9.17) is 16.3 Å². The Balaban J connectivity index is 1.32. The van der Waals surface area contributed by atoms with Crippen molar-refractivity contribution in [3.8, 4) is 11.5 Å². The summed E-state index contributed by atoms with van der Waals surface area (Å²) in [5.41, 5.74) is 0.952. The normalized spacial score (nSPS) is 11.6. The Bertz CT molecular complexity index is 1260. The van der Waals surface area contributed by atoms with Crippen LogP contribution < -0.4 is 9.46 Å². The molecule has 0 aliphatic heterocycles. The lowest BCUT2D eigenvalue weighted by Gasteiger charge is -2.09. The van der Waals surface area contributed by atoms with Gasteiger partial charge in [0.2, 0.25) is 10.0 Å². The molecule has 10 heteroatoms. The predicted molar refractivity (Wildman–Crippen MR) is 112 cm³/mol. The maximum absolute atomic E-state index is 12.5. The van der Waals surface area contributed by atoms with Crippen LogP contribution in [0.15, 0.2) is 72.1 Å². The topological polar surface area (TPSA) is 98.5 Å². The molecule has 0 saturated carbocycles. The lowest BCUT2D eigenvalue weighted by Crippen LogP contribution is -2.25. The number of aryl methyl sites for hydroxylation is 1. The molecule has 0 amide bonds. The molecule has 1 N–H and O–H groups in total. The van der Waals surface area contributed by atoms with Crippen molar-refractivity contribution >= 4 is 27.4 Å². The van der Waals surface area contributed by atoms with E-state index in [1.165, 1.54) is 18.5 Å². The first-order valence-electron chi connectivity index (χ1n) is 9.18. The number of aromatic nitrogens is 4. The van der Waals surface area contributed by atoms with Crippen LogP contribution in [0.1, 0.15) is 12.0 Å². The molecule has 4 aromatic rings. The van der Waals surface area contributed by atoms with Gasteiger partial charge in [-0.1, -0.05) is 23.7 Å². The zero-order valence-corrected chi connectivity index (χ0v) is 17.3. The van der Waals surface area contributed by atoms with Gasteiger partial charge in [-0.15, -0.1) is 0 Å². The Labute approximate surface area is 178 Å². The summed E-state index contributed by atoms with van der Waals surface area (Å²) in [6, 6.07) is 13.3. The molecule has 154 valence electrons. The molecule has 8 nitrogen and oxygen atoms in total. The molecule has 0 aliphatic carbocycles. The monoisotopic (exact) mass is 443 g/mol. The van der Waals surface area contributed by atoms with Crippen molar-refractivity contribution in [1.82, 2.24) is 24.3 Å². The zero-order chi connectivity index (χ0) is 21.0. The van der Waals surface area contributed by atoms with Crippen LogP contribution in [0.5, 0.6) is 11.5 Å². The van der Waals surface area contributed by atoms with E-state index < -0.39 is 10.0 Å². The van der Waals surface area contributed by atoms with Gasteiger partial charge in [0.05, 0.1) is 9.92 Å². The van der Waals surface area contributed by atoms with Crippen LogP contribution in [0.2, 0.25) is 5.02 Å². The van der Waals surface area contributed by atoms with Gasteiger partial charge in [0, 0.05) is 18.9 Å². The number of halogens is 1. The first kappa shape index (κ1) is 20.3. The highest BCUT2D eigenvalue weighted by Gasteiger charge is 2.14. The molecule has 0 atom stereocenters. The molecular formula is C20H18ClN5O3S. The Hall–Kier alpha value is -3.01. The van der Waals surface area contributed by atoms with E-state index in [9.17, 15) is 8.42 Å². The van der Waals surface area contributed by atoms with Crippen LogP contribution in [0.3, 0.4) is 0 Å². The number of benzene rings is 2. The van der Waals surface area contributed by atoms with Crippen LogP contribution in [0.4, 0.5) is 0 Å². The molecule has 0 unspecified atom stereocenters. The molecule has 30 heavy (non-hydrogen) atoms. The summed E-state index contributed by atoms with van der Waals surface area (Å²) >= 11 is 6.07. The standard InChI is InChI=1S/C20H18ClN5O3S/c21-18-5-1-2-6-19(18)29-16-7-9-17(10-8-16)30(27,28)25-11-3-4-15-12-22-20-23-14-24-26(20)13-15/h1-2,5-10,12-14,25H,3-4,11H2. The number of rotatable bonds is 8. The van der Waals surface area contributed by atoms with Crippen LogP contribution in [-0.4, -0.2) is 34.5 Å². The second-order valence-corrected chi connectivity index (χ2v) is 8.65. The van der Waals surface area contributed by atoms with Gasteiger partial charge in [-0.3, -0.25) is 0 Å². The quantitative estimate of drug-likeness (QED) is 0.418. The number of sulfonamides is 1. The molecule has 0 bridgehead atoms. The molecule has 0 radical (unpaired) electrons. The summed E-state index contributed by atoms with van der Waals surface area (Å²) in [4.78, 5) is 8.35. The number of para-hydroxylation sites is 1. The average molecular weight is 444 g/mol. The summed E-state index contributed by atoms with van der Waals surface area (Å²) in [5.74, 6) is 1.53. The first-order chi connectivity index (χ1) is 14.5. The Morgan fingerprint density at radius 1 is 1.07 bits per heavy atom. The SMILES string of the molecule is O=S(=O)(NCCCc1cnc2ncnn2c1)c1ccc(Oc2ccccc2Cl)cc1. The summed E-state index contributed by atoms with van der Waals surface area (Å²) in [6.07, 6.45) is 6.27. The van der Waals surface area contributed by atoms with Gasteiger partial charge in [-0.05, 0) is 54.8 Å². The highest BCUT2D eigenvalue weighted by atomic mass is 35.5. The fraction of sp³-hybridized carbons (Fsp3) is 0.150. The maximum atomic E-state index is 12.5. The summed E-state index contributed by atoms with van der Waals surface area (Å²) in [6.45, 7) is 0.301. The number of nitrogens with zero attached hydrogens (tertiary/aromatic N) is 4. The van der Waals surface area contributed by atoms with Crippen LogP contribution in [-0.2, 0) is 16.4 Å². The van der Waals surface area contributed by atoms with Crippen molar-refractivity contribution in [3.05, 3.63) is 77.8 Å². The second-order valence-electron chi connectivity index (χ2n) is 6.47. The third kappa shape index (κ3) is 4.76. The van der Waals surface area contributed by atoms with E-state index in [0.717, 1.165) is 5.56 Å². The highest BCUT2D eigenvalue weighted by Crippen LogP contribution is 2.29. The summed E-state index contributed by atoms with van der Waals surface area (Å²) in [5, 5.41) is 4.52. The number of hydrogen-bond donors (Lipinski definition) is 1. The smallest absolute Gasteiger partial charge is 0.252 e. The summed E-state index contributed by atoms with van der Waals surface area (Å²) in [7, 11) is -3.61. The molecule has 4 rings (SSSR count). The maximum Gasteiger partial charge on any atom is 0.252 e. The van der Waals surface area contributed by atoms with Gasteiger partial charge in [-0.2, -0.15) is 10.1 Å². The molecule has 2 heterocycles. The van der Waals surface area contributed by atoms with Crippen molar-refractivity contribution in [2.75, 3.05) is 6.54 Å². The van der Waals surface area contributed by atoms with E-state index in [0.29, 0.717) is 41.7 Å². The van der Waals surface area contributed by atoms with E-state index in [1.807, 2.05) is 12.3 Å². The second kappa shape index (κ2) is 8.78. The van der Waals surface area contributed by atoms with E-state index in [-0.39, 0.29) is 4.90 Å². The lowest BCUT2D eigenvalue weighted by atomic mass is 10.2. The molecular weight excluding hydrogens is 426 g/mol. The largest absolute Gasteiger partial charge is 0.456 e. The number of ether oxygens (including phenoxy) is 1. The highest BCUT2D eigenvalue weighted by molar-refractivity contribution is 7.89. The minimum absolute atomic E-state index is 0.166. The third-order valence-corrected chi connectivity index (χ3v) is 6.11. The number of hydrogen-bond acceptors (Lipinski definition) is 6. The van der Waals surface area contributed by atoms with Gasteiger partial charge >= 0.3 is 0 Å². The van der Waals surface area contributed by atoms with Crippen LogP contribution in [0.25, 0.3) is 5.78 Å². The van der Waals surface area contributed by atoms with Gasteiger partial charge in [0.15, 0.2) is 0 Å². The third-order valence-electron chi connectivity index (χ3n) is 4.32. The molecule has 2 aromatic heterocycles. The lowest BCUT2D eigenvalue weighted by molar-refractivity contribution is 0.482. The number of nitrogens with one attached hydrogen (secondary N) is 1. The average Bonchev–Trinajstić information content (AvgIpc) is 3.21. The van der Waals surface area contributed by atoms with E-state index >= 15 is 0 Å². The van der Waals surface area contributed by atoms with Crippen LogP contribution >= 0.6 is 11.6 Å².